The number of carbonyl (C=O) groups is 1. The molecule has 110 valence electrons. The fourth-order valence-electron chi connectivity index (χ4n) is 2.64. The van der Waals surface area contributed by atoms with Crippen LogP contribution in [0.25, 0.3) is 0 Å². The van der Waals surface area contributed by atoms with Gasteiger partial charge in [-0.25, -0.2) is 0 Å². The standard InChI is InChI=1S/C15H21ClN2O2/c1-17-14(19)10-18-8-6-12(7-9-18)15(20)11-2-4-13(16)5-3-11/h2-5,12,15,20H,6-10H2,1H3,(H,17,19). The van der Waals surface area contributed by atoms with Gasteiger partial charge in [0.1, 0.15) is 0 Å². The minimum Gasteiger partial charge on any atom is -0.388 e. The molecule has 1 saturated heterocycles. The zero-order chi connectivity index (χ0) is 14.5. The summed E-state index contributed by atoms with van der Waals surface area (Å²) < 4.78 is 0. The molecule has 1 aromatic carbocycles. The van der Waals surface area contributed by atoms with Gasteiger partial charge < -0.3 is 10.4 Å². The first-order chi connectivity index (χ1) is 9.60. The first-order valence-corrected chi connectivity index (χ1v) is 7.34. The minimum absolute atomic E-state index is 0.0432. The molecule has 5 heteroatoms. The van der Waals surface area contributed by atoms with Gasteiger partial charge in [-0.1, -0.05) is 23.7 Å². The van der Waals surface area contributed by atoms with Crippen LogP contribution in [0.15, 0.2) is 24.3 Å². The van der Waals surface area contributed by atoms with E-state index in [1.807, 2.05) is 12.1 Å². The summed E-state index contributed by atoms with van der Waals surface area (Å²) in [5, 5.41) is 13.7. The SMILES string of the molecule is CNC(=O)CN1CCC(C(O)c2ccc(Cl)cc2)CC1. The Kier molecular flexibility index (Phi) is 5.40. The number of hydrogen-bond acceptors (Lipinski definition) is 3. The summed E-state index contributed by atoms with van der Waals surface area (Å²) >= 11 is 5.86. The van der Waals surface area contributed by atoms with Crippen LogP contribution >= 0.6 is 11.6 Å². The van der Waals surface area contributed by atoms with Crippen molar-refractivity contribution in [3.8, 4) is 0 Å². The quantitative estimate of drug-likeness (QED) is 0.891. The molecule has 1 fully saturated rings. The molecule has 1 aromatic rings. The smallest absolute Gasteiger partial charge is 0.233 e. The Hall–Kier alpha value is -1.10. The second-order valence-electron chi connectivity index (χ2n) is 5.28. The normalized spacial score (nSPS) is 18.8. The maximum atomic E-state index is 11.3. The summed E-state index contributed by atoms with van der Waals surface area (Å²) in [4.78, 5) is 13.5. The number of aliphatic hydroxyl groups is 1. The van der Waals surface area contributed by atoms with Gasteiger partial charge in [0.25, 0.3) is 0 Å². The summed E-state index contributed by atoms with van der Waals surface area (Å²) in [6.45, 7) is 2.14. The maximum absolute atomic E-state index is 11.3. The lowest BCUT2D eigenvalue weighted by Crippen LogP contribution is -2.41. The third-order valence-corrected chi connectivity index (χ3v) is 4.19. The number of nitrogens with one attached hydrogen (secondary N) is 1. The number of rotatable bonds is 4. The summed E-state index contributed by atoms with van der Waals surface area (Å²) in [6, 6.07) is 7.37. The van der Waals surface area contributed by atoms with Crippen LogP contribution in [0.3, 0.4) is 0 Å². The highest BCUT2D eigenvalue weighted by atomic mass is 35.5. The molecular weight excluding hydrogens is 276 g/mol. The Morgan fingerprint density at radius 3 is 2.55 bits per heavy atom. The monoisotopic (exact) mass is 296 g/mol. The topological polar surface area (TPSA) is 52.6 Å². The predicted octanol–water partition coefficient (Wildman–Crippen LogP) is 1.83. The number of benzene rings is 1. The van der Waals surface area contributed by atoms with Crippen molar-refractivity contribution >= 4 is 17.5 Å². The lowest BCUT2D eigenvalue weighted by atomic mass is 9.87. The molecule has 20 heavy (non-hydrogen) atoms. The fourth-order valence-corrected chi connectivity index (χ4v) is 2.77. The third kappa shape index (κ3) is 3.95. The molecular formula is C15H21ClN2O2. The van der Waals surface area contributed by atoms with E-state index in [-0.39, 0.29) is 11.8 Å². The van der Waals surface area contributed by atoms with E-state index in [1.165, 1.54) is 0 Å². The van der Waals surface area contributed by atoms with Crippen LogP contribution in [0, 0.1) is 5.92 Å². The molecule has 0 aromatic heterocycles. The lowest BCUT2D eigenvalue weighted by Gasteiger charge is -2.33. The highest BCUT2D eigenvalue weighted by Crippen LogP contribution is 2.31. The molecule has 1 aliphatic heterocycles. The molecule has 1 amide bonds. The maximum Gasteiger partial charge on any atom is 0.233 e. The van der Waals surface area contributed by atoms with Gasteiger partial charge in [0.15, 0.2) is 0 Å². The lowest BCUT2D eigenvalue weighted by molar-refractivity contribution is -0.122. The predicted molar refractivity (Wildman–Crippen MR) is 79.6 cm³/mol. The molecule has 0 saturated carbocycles. The Morgan fingerprint density at radius 2 is 2.00 bits per heavy atom. The van der Waals surface area contributed by atoms with Crippen molar-refractivity contribution in [3.05, 3.63) is 34.9 Å². The zero-order valence-corrected chi connectivity index (χ0v) is 12.4. The average molecular weight is 297 g/mol. The number of aliphatic hydroxyl groups excluding tert-OH is 1. The zero-order valence-electron chi connectivity index (χ0n) is 11.7. The molecule has 1 atom stereocenters. The van der Waals surface area contributed by atoms with Gasteiger partial charge in [-0.15, -0.1) is 0 Å². The number of likely N-dealkylation sites (tertiary alicyclic amines) is 1. The Labute approximate surface area is 124 Å². The van der Waals surface area contributed by atoms with Gasteiger partial charge in [-0.2, -0.15) is 0 Å². The van der Waals surface area contributed by atoms with Crippen LogP contribution < -0.4 is 5.32 Å². The van der Waals surface area contributed by atoms with E-state index >= 15 is 0 Å². The second-order valence-corrected chi connectivity index (χ2v) is 5.72. The molecule has 0 spiro atoms. The van der Waals surface area contributed by atoms with Crippen LogP contribution in [-0.2, 0) is 4.79 Å². The number of piperidine rings is 1. The Morgan fingerprint density at radius 1 is 1.40 bits per heavy atom. The highest BCUT2D eigenvalue weighted by molar-refractivity contribution is 6.30. The van der Waals surface area contributed by atoms with Crippen molar-refractivity contribution in [3.63, 3.8) is 0 Å². The molecule has 0 radical (unpaired) electrons. The van der Waals surface area contributed by atoms with Gasteiger partial charge in [0.05, 0.1) is 12.6 Å². The van der Waals surface area contributed by atoms with Crippen LogP contribution in [-0.4, -0.2) is 42.6 Å². The van der Waals surface area contributed by atoms with Gasteiger partial charge in [0.2, 0.25) is 5.91 Å². The van der Waals surface area contributed by atoms with E-state index in [4.69, 9.17) is 11.6 Å². The van der Waals surface area contributed by atoms with E-state index in [1.54, 1.807) is 19.2 Å². The molecule has 2 N–H and O–H groups in total. The first-order valence-electron chi connectivity index (χ1n) is 6.96. The van der Waals surface area contributed by atoms with E-state index in [2.05, 4.69) is 10.2 Å². The van der Waals surface area contributed by atoms with Crippen molar-refractivity contribution in [1.29, 1.82) is 0 Å². The number of hydrogen-bond donors (Lipinski definition) is 2. The van der Waals surface area contributed by atoms with Gasteiger partial charge in [-0.3, -0.25) is 9.69 Å². The van der Waals surface area contributed by atoms with Crippen molar-refractivity contribution in [2.75, 3.05) is 26.7 Å². The number of carbonyl (C=O) groups excluding carboxylic acids is 1. The molecule has 1 unspecified atom stereocenters. The van der Waals surface area contributed by atoms with Crippen molar-refractivity contribution in [2.24, 2.45) is 5.92 Å². The van der Waals surface area contributed by atoms with E-state index < -0.39 is 6.10 Å². The van der Waals surface area contributed by atoms with Crippen molar-refractivity contribution in [2.45, 2.75) is 18.9 Å². The largest absolute Gasteiger partial charge is 0.388 e. The Bertz CT molecular complexity index is 442. The van der Waals surface area contributed by atoms with Crippen LogP contribution in [0.2, 0.25) is 5.02 Å². The number of halogens is 1. The highest BCUT2D eigenvalue weighted by Gasteiger charge is 2.26. The van der Waals surface area contributed by atoms with Gasteiger partial charge in [-0.05, 0) is 49.5 Å². The number of likely N-dealkylation sites (N-methyl/N-ethyl adjacent to an activating group) is 1. The average Bonchev–Trinajstić information content (AvgIpc) is 2.48. The van der Waals surface area contributed by atoms with E-state index in [0.717, 1.165) is 31.5 Å². The molecule has 1 heterocycles. The number of nitrogens with zero attached hydrogens (tertiary/aromatic N) is 1. The third-order valence-electron chi connectivity index (χ3n) is 3.94. The molecule has 4 nitrogen and oxygen atoms in total. The second kappa shape index (κ2) is 7.07. The summed E-state index contributed by atoms with van der Waals surface area (Å²) in [5.41, 5.74) is 0.916. The van der Waals surface area contributed by atoms with Gasteiger partial charge in [0, 0.05) is 12.1 Å². The molecule has 0 bridgehead atoms. The summed E-state index contributed by atoms with van der Waals surface area (Å²) in [6.07, 6.45) is 1.36. The molecule has 0 aliphatic carbocycles. The van der Waals surface area contributed by atoms with E-state index in [0.29, 0.717) is 11.6 Å². The summed E-state index contributed by atoms with van der Waals surface area (Å²) in [7, 11) is 1.65. The fraction of sp³-hybridized carbons (Fsp3) is 0.533. The summed E-state index contributed by atoms with van der Waals surface area (Å²) in [5.74, 6) is 0.291. The van der Waals surface area contributed by atoms with Crippen molar-refractivity contribution < 1.29 is 9.90 Å². The van der Waals surface area contributed by atoms with Crippen LogP contribution in [0.4, 0.5) is 0 Å². The first kappa shape index (κ1) is 15.3. The van der Waals surface area contributed by atoms with Crippen LogP contribution in [0.1, 0.15) is 24.5 Å². The van der Waals surface area contributed by atoms with Crippen LogP contribution in [0.5, 0.6) is 0 Å². The minimum atomic E-state index is -0.450. The Balaban J connectivity index is 1.87. The molecule has 1 aliphatic rings. The van der Waals surface area contributed by atoms with E-state index in [9.17, 15) is 9.90 Å². The number of amides is 1. The molecule has 2 rings (SSSR count). The van der Waals surface area contributed by atoms with Gasteiger partial charge >= 0.3 is 0 Å². The van der Waals surface area contributed by atoms with Crippen molar-refractivity contribution in [1.82, 2.24) is 10.2 Å².